The molecule has 12 heteroatoms. The highest BCUT2D eigenvalue weighted by atomic mass is 31.3. The molecule has 0 bridgehead atoms. The van der Waals surface area contributed by atoms with Crippen molar-refractivity contribution in [3.05, 3.63) is 11.7 Å². The number of rotatable bonds is 7. The Balaban J connectivity index is 2.58. The summed E-state index contributed by atoms with van der Waals surface area (Å²) in [5.41, 5.74) is -0.0148. The summed E-state index contributed by atoms with van der Waals surface area (Å²) >= 11 is 0. The van der Waals surface area contributed by atoms with E-state index in [0.717, 1.165) is 14.2 Å². The molecule has 0 aromatic carbocycles. The first kappa shape index (κ1) is 16.9. The Morgan fingerprint density at radius 2 is 2.05 bits per heavy atom. The summed E-state index contributed by atoms with van der Waals surface area (Å²) in [7, 11) is -1.75. The molecule has 1 aliphatic heterocycles. The van der Waals surface area contributed by atoms with Crippen LogP contribution in [0.2, 0.25) is 0 Å². The maximum Gasteiger partial charge on any atom is 0.483 e. The lowest BCUT2D eigenvalue weighted by molar-refractivity contribution is 0.0149. The monoisotopic (exact) mass is 314 g/mol. The third kappa shape index (κ3) is 5.02. The predicted octanol–water partition coefficient (Wildman–Crippen LogP) is 0.290. The number of phosphoric acid groups is 2. The van der Waals surface area contributed by atoms with Crippen molar-refractivity contribution in [2.75, 3.05) is 20.8 Å². The van der Waals surface area contributed by atoms with E-state index in [0.29, 0.717) is 0 Å². The summed E-state index contributed by atoms with van der Waals surface area (Å²) in [4.78, 5) is 9.04. The minimum Gasteiger partial charge on any atom is -0.501 e. The van der Waals surface area contributed by atoms with E-state index in [1.54, 1.807) is 0 Å². The van der Waals surface area contributed by atoms with Crippen molar-refractivity contribution in [1.82, 2.24) is 0 Å². The first-order valence-electron chi connectivity index (χ1n) is 4.93. The Morgan fingerprint density at radius 3 is 2.47 bits per heavy atom. The molecular formula is C7H13BO9P2. The molecule has 0 amide bonds. The normalized spacial score (nSPS) is 29.2. The Labute approximate surface area is 111 Å². The quantitative estimate of drug-likeness (QED) is 0.504. The zero-order chi connectivity index (χ0) is 14.7. The van der Waals surface area contributed by atoms with Gasteiger partial charge in [-0.15, -0.1) is 0 Å². The lowest BCUT2D eigenvalue weighted by Gasteiger charge is -2.21. The molecule has 0 aliphatic carbocycles. The van der Waals surface area contributed by atoms with Crippen molar-refractivity contribution in [2.24, 2.45) is 0 Å². The average molecular weight is 314 g/mol. The molecule has 0 saturated carbocycles. The maximum atomic E-state index is 11.8. The zero-order valence-corrected chi connectivity index (χ0v) is 12.0. The Bertz CT molecular complexity index is 438. The van der Waals surface area contributed by atoms with E-state index in [9.17, 15) is 14.2 Å². The largest absolute Gasteiger partial charge is 0.501 e. The molecule has 4 atom stereocenters. The summed E-state index contributed by atoms with van der Waals surface area (Å²) in [6.07, 6.45) is -0.764. The molecule has 2 N–H and O–H groups in total. The predicted molar refractivity (Wildman–Crippen MR) is 63.2 cm³/mol. The van der Waals surface area contributed by atoms with Crippen LogP contribution in [0.4, 0.5) is 0 Å². The summed E-state index contributed by atoms with van der Waals surface area (Å²) in [6, 6.07) is 0. The van der Waals surface area contributed by atoms with Gasteiger partial charge < -0.3 is 14.7 Å². The summed E-state index contributed by atoms with van der Waals surface area (Å²) in [5.74, 6) is 0. The summed E-state index contributed by atoms with van der Waals surface area (Å²) in [5, 5.41) is 9.45. The fraction of sp³-hybridized carbons (Fsp3) is 0.714. The second-order valence-corrected chi connectivity index (χ2v) is 6.85. The van der Waals surface area contributed by atoms with Gasteiger partial charge in [0.05, 0.1) is 6.61 Å². The highest BCUT2D eigenvalue weighted by Crippen LogP contribution is 2.62. The van der Waals surface area contributed by atoms with Crippen LogP contribution in [0.3, 0.4) is 0 Å². The molecule has 1 heterocycles. The fourth-order valence-corrected chi connectivity index (χ4v) is 3.29. The van der Waals surface area contributed by atoms with Crippen molar-refractivity contribution in [3.8, 4) is 0 Å². The molecule has 0 aromatic heterocycles. The van der Waals surface area contributed by atoms with Gasteiger partial charge in [-0.2, -0.15) is 4.31 Å². The molecule has 19 heavy (non-hydrogen) atoms. The number of aliphatic hydroxyl groups excluding tert-OH is 1. The van der Waals surface area contributed by atoms with E-state index < -0.39 is 34.5 Å². The van der Waals surface area contributed by atoms with Gasteiger partial charge in [-0.05, 0) is 6.08 Å². The zero-order valence-electron chi connectivity index (χ0n) is 10.2. The summed E-state index contributed by atoms with van der Waals surface area (Å²) < 4.78 is 45.4. The first-order valence-corrected chi connectivity index (χ1v) is 7.89. The topological polar surface area (TPSA) is 121 Å². The van der Waals surface area contributed by atoms with Gasteiger partial charge in [0.1, 0.15) is 6.10 Å². The van der Waals surface area contributed by atoms with Crippen LogP contribution < -0.4 is 0 Å². The molecule has 0 fully saturated rings. The van der Waals surface area contributed by atoms with Gasteiger partial charge >= 0.3 is 15.6 Å². The van der Waals surface area contributed by atoms with Gasteiger partial charge in [-0.1, -0.05) is 0 Å². The van der Waals surface area contributed by atoms with Crippen LogP contribution in [0, 0.1) is 0 Å². The second kappa shape index (κ2) is 6.52. The molecule has 0 saturated heterocycles. The molecule has 4 unspecified atom stereocenters. The third-order valence-corrected chi connectivity index (χ3v) is 5.06. The SMILES string of the molecule is [B]C1=CC(O)C(COP(=O)(OC)OP(=O)(O)OC)O1. The number of hydrogen-bond donors (Lipinski definition) is 2. The summed E-state index contributed by atoms with van der Waals surface area (Å²) in [6.45, 7) is -0.437. The van der Waals surface area contributed by atoms with E-state index in [1.807, 2.05) is 0 Å². The molecule has 1 rings (SSSR count). The standard InChI is InChI=1S/C7H13BO9P2/c1-13-18(10,11)17-19(12,14-2)15-4-6-5(9)3-7(8)16-6/h3,5-6,9H,4H2,1-2H3,(H,10,11). The van der Waals surface area contributed by atoms with Crippen molar-refractivity contribution in [3.63, 3.8) is 0 Å². The molecular weight excluding hydrogens is 301 g/mol. The van der Waals surface area contributed by atoms with Crippen LogP contribution in [-0.2, 0) is 31.7 Å². The third-order valence-electron chi connectivity index (χ3n) is 2.06. The van der Waals surface area contributed by atoms with Gasteiger partial charge in [0, 0.05) is 19.9 Å². The Hall–Kier alpha value is -0.175. The number of hydrogen-bond acceptors (Lipinski definition) is 8. The average Bonchev–Trinajstić information content (AvgIpc) is 2.65. The Morgan fingerprint density at radius 1 is 1.42 bits per heavy atom. The maximum absolute atomic E-state index is 11.8. The van der Waals surface area contributed by atoms with Gasteiger partial charge in [0.25, 0.3) is 0 Å². The van der Waals surface area contributed by atoms with Crippen LogP contribution in [-0.4, -0.2) is 50.9 Å². The molecule has 0 spiro atoms. The highest BCUT2D eigenvalue weighted by molar-refractivity contribution is 7.61. The highest BCUT2D eigenvalue weighted by Gasteiger charge is 2.38. The number of phosphoric ester groups is 2. The lowest BCUT2D eigenvalue weighted by Crippen LogP contribution is -2.26. The van der Waals surface area contributed by atoms with Crippen molar-refractivity contribution >= 4 is 23.5 Å². The van der Waals surface area contributed by atoms with Crippen LogP contribution in [0.25, 0.3) is 0 Å². The number of ether oxygens (including phenoxy) is 1. The molecule has 0 aromatic rings. The van der Waals surface area contributed by atoms with Gasteiger partial charge in [0.2, 0.25) is 0 Å². The van der Waals surface area contributed by atoms with E-state index >= 15 is 0 Å². The van der Waals surface area contributed by atoms with Gasteiger partial charge in [0.15, 0.2) is 14.0 Å². The number of aliphatic hydroxyl groups is 1. The minimum atomic E-state index is -4.55. The molecule has 2 radical (unpaired) electrons. The second-order valence-electron chi connectivity index (χ2n) is 3.37. The lowest BCUT2D eigenvalue weighted by atomic mass is 10.1. The minimum absolute atomic E-state index is 0.0148. The van der Waals surface area contributed by atoms with Gasteiger partial charge in [-0.3, -0.25) is 13.6 Å². The van der Waals surface area contributed by atoms with E-state index in [-0.39, 0.29) is 5.66 Å². The van der Waals surface area contributed by atoms with Gasteiger partial charge in [-0.25, -0.2) is 9.13 Å². The van der Waals surface area contributed by atoms with Crippen LogP contribution >= 0.6 is 15.6 Å². The first-order chi connectivity index (χ1) is 8.71. The fourth-order valence-electron chi connectivity index (χ4n) is 1.13. The van der Waals surface area contributed by atoms with Crippen LogP contribution in [0.5, 0.6) is 0 Å². The van der Waals surface area contributed by atoms with E-state index in [2.05, 4.69) is 13.4 Å². The molecule has 108 valence electrons. The van der Waals surface area contributed by atoms with Crippen LogP contribution in [0.1, 0.15) is 0 Å². The molecule has 1 aliphatic rings. The van der Waals surface area contributed by atoms with Crippen molar-refractivity contribution < 1.29 is 41.7 Å². The smallest absolute Gasteiger partial charge is 0.483 e. The van der Waals surface area contributed by atoms with Crippen molar-refractivity contribution in [1.29, 1.82) is 0 Å². The Kier molecular flexibility index (Phi) is 5.79. The van der Waals surface area contributed by atoms with Crippen LogP contribution in [0.15, 0.2) is 11.7 Å². The van der Waals surface area contributed by atoms with Crippen molar-refractivity contribution in [2.45, 2.75) is 12.2 Å². The molecule has 9 nitrogen and oxygen atoms in total. The van der Waals surface area contributed by atoms with E-state index in [1.165, 1.54) is 6.08 Å². The van der Waals surface area contributed by atoms with E-state index in [4.69, 9.17) is 22.0 Å².